The van der Waals surface area contributed by atoms with Crippen molar-refractivity contribution in [3.8, 4) is 0 Å². The number of nitrogens with two attached hydrogens (primary N) is 1. The lowest BCUT2D eigenvalue weighted by Crippen LogP contribution is -2.27. The topological polar surface area (TPSA) is 26.0 Å². The molecule has 2 N–H and O–H groups in total. The zero-order chi connectivity index (χ0) is 10.4. The molecule has 1 nitrogen and oxygen atoms in total. The van der Waals surface area contributed by atoms with Crippen LogP contribution in [0.3, 0.4) is 0 Å². The second-order valence-corrected chi connectivity index (χ2v) is 3.04. The van der Waals surface area contributed by atoms with Crippen LogP contribution in [0.1, 0.15) is 19.8 Å². The van der Waals surface area contributed by atoms with Gasteiger partial charge in [0.05, 0.1) is 0 Å². The minimum atomic E-state index is -1.79. The van der Waals surface area contributed by atoms with Crippen LogP contribution in [0.5, 0.6) is 0 Å². The van der Waals surface area contributed by atoms with E-state index in [2.05, 4.69) is 0 Å². The van der Waals surface area contributed by atoms with Crippen LogP contribution in [0.4, 0.5) is 17.6 Å². The zero-order valence-electron chi connectivity index (χ0n) is 7.52. The largest absolute Gasteiger partial charge is 0.328 e. The van der Waals surface area contributed by atoms with Crippen LogP contribution in [0, 0.1) is 0 Å². The molecule has 0 aliphatic carbocycles. The summed E-state index contributed by atoms with van der Waals surface area (Å²) in [6, 6.07) is 0. The lowest BCUT2D eigenvalue weighted by atomic mass is 10.1. The van der Waals surface area contributed by atoms with Crippen molar-refractivity contribution in [3.05, 3.63) is 0 Å². The number of rotatable bonds is 6. The summed E-state index contributed by atoms with van der Waals surface area (Å²) in [7, 11) is 0. The number of hydrogen-bond donors (Lipinski definition) is 1. The second-order valence-electron chi connectivity index (χ2n) is 3.04. The van der Waals surface area contributed by atoms with Crippen LogP contribution in [-0.4, -0.2) is 31.2 Å². The summed E-state index contributed by atoms with van der Waals surface area (Å²) in [6.07, 6.45) is -7.55. The zero-order valence-corrected chi connectivity index (χ0v) is 7.52. The Balaban J connectivity index is 3.63. The second kappa shape index (κ2) is 6.18. The lowest BCUT2D eigenvalue weighted by molar-refractivity contribution is 0.124. The van der Waals surface area contributed by atoms with E-state index in [1.165, 1.54) is 0 Å². The quantitative estimate of drug-likeness (QED) is 0.654. The molecule has 0 aliphatic heterocycles. The maximum Gasteiger partial charge on any atom is 0.143 e. The van der Waals surface area contributed by atoms with Gasteiger partial charge in [0.2, 0.25) is 0 Å². The summed E-state index contributed by atoms with van der Waals surface area (Å²) in [4.78, 5) is 0. The molecule has 4 unspecified atom stereocenters. The molecular weight excluding hydrogens is 186 g/mol. The third kappa shape index (κ3) is 5.08. The van der Waals surface area contributed by atoms with E-state index in [9.17, 15) is 17.6 Å². The van der Waals surface area contributed by atoms with Gasteiger partial charge in [0.1, 0.15) is 24.7 Å². The highest BCUT2D eigenvalue weighted by atomic mass is 19.2. The van der Waals surface area contributed by atoms with Crippen molar-refractivity contribution < 1.29 is 17.6 Å². The van der Waals surface area contributed by atoms with Gasteiger partial charge in [-0.25, -0.2) is 17.6 Å². The molecule has 80 valence electrons. The standard InChI is InChI=1S/C8H15F4N/c1-5(9)6(10)2-3-7(11)8(12)4-13/h5-8H,2-4,13H2,1H3. The van der Waals surface area contributed by atoms with Crippen LogP contribution >= 0.6 is 0 Å². The Morgan fingerprint density at radius 3 is 1.77 bits per heavy atom. The van der Waals surface area contributed by atoms with Crippen molar-refractivity contribution in [2.24, 2.45) is 5.73 Å². The Bertz CT molecular complexity index is 131. The molecule has 13 heavy (non-hydrogen) atoms. The van der Waals surface area contributed by atoms with Gasteiger partial charge in [-0.1, -0.05) is 0 Å². The normalized spacial score (nSPS) is 20.8. The Morgan fingerprint density at radius 1 is 0.923 bits per heavy atom. The highest BCUT2D eigenvalue weighted by molar-refractivity contribution is 4.72. The fourth-order valence-electron chi connectivity index (χ4n) is 0.877. The molecule has 0 aromatic carbocycles. The molecular formula is C8H15F4N. The van der Waals surface area contributed by atoms with E-state index in [0.29, 0.717) is 0 Å². The maximum absolute atomic E-state index is 12.7. The molecule has 0 bridgehead atoms. The summed E-state index contributed by atoms with van der Waals surface area (Å²) in [5.41, 5.74) is 4.86. The molecule has 0 saturated heterocycles. The van der Waals surface area contributed by atoms with Crippen LogP contribution in [0.15, 0.2) is 0 Å². The first-order valence-electron chi connectivity index (χ1n) is 4.25. The molecule has 0 amide bonds. The Morgan fingerprint density at radius 2 is 1.38 bits per heavy atom. The van der Waals surface area contributed by atoms with Gasteiger partial charge in [0.15, 0.2) is 0 Å². The van der Waals surface area contributed by atoms with E-state index >= 15 is 0 Å². The molecule has 0 heterocycles. The first-order chi connectivity index (χ1) is 5.99. The van der Waals surface area contributed by atoms with Crippen LogP contribution in [0.25, 0.3) is 0 Å². The van der Waals surface area contributed by atoms with E-state index < -0.39 is 31.2 Å². The first-order valence-corrected chi connectivity index (χ1v) is 4.25. The predicted molar refractivity (Wildman–Crippen MR) is 43.5 cm³/mol. The first kappa shape index (κ1) is 12.7. The Hall–Kier alpha value is -0.320. The smallest absolute Gasteiger partial charge is 0.143 e. The number of halogens is 4. The molecule has 4 atom stereocenters. The third-order valence-corrected chi connectivity index (χ3v) is 1.83. The van der Waals surface area contributed by atoms with Crippen LogP contribution < -0.4 is 5.73 Å². The monoisotopic (exact) mass is 201 g/mol. The van der Waals surface area contributed by atoms with Crippen molar-refractivity contribution in [1.29, 1.82) is 0 Å². The highest BCUT2D eigenvalue weighted by Gasteiger charge is 2.22. The van der Waals surface area contributed by atoms with Gasteiger partial charge in [-0.3, -0.25) is 0 Å². The van der Waals surface area contributed by atoms with Gasteiger partial charge >= 0.3 is 0 Å². The summed E-state index contributed by atoms with van der Waals surface area (Å²) in [5.74, 6) is 0. The van der Waals surface area contributed by atoms with Gasteiger partial charge < -0.3 is 5.73 Å². The molecule has 5 heteroatoms. The highest BCUT2D eigenvalue weighted by Crippen LogP contribution is 2.16. The van der Waals surface area contributed by atoms with Gasteiger partial charge in [-0.2, -0.15) is 0 Å². The fourth-order valence-corrected chi connectivity index (χ4v) is 0.877. The average molecular weight is 201 g/mol. The Labute approximate surface area is 75.3 Å². The molecule has 0 aromatic rings. The summed E-state index contributed by atoms with van der Waals surface area (Å²) in [5, 5.41) is 0. The molecule has 0 aliphatic rings. The van der Waals surface area contributed by atoms with E-state index in [1.807, 2.05) is 0 Å². The molecule has 0 saturated carbocycles. The predicted octanol–water partition coefficient (Wildman–Crippen LogP) is 2.10. The van der Waals surface area contributed by atoms with E-state index in [0.717, 1.165) is 6.92 Å². The van der Waals surface area contributed by atoms with E-state index in [-0.39, 0.29) is 12.8 Å². The fraction of sp³-hybridized carbons (Fsp3) is 1.00. The van der Waals surface area contributed by atoms with E-state index in [4.69, 9.17) is 5.73 Å². The van der Waals surface area contributed by atoms with Crippen molar-refractivity contribution in [1.82, 2.24) is 0 Å². The molecule has 0 aromatic heterocycles. The summed E-state index contributed by atoms with van der Waals surface area (Å²) >= 11 is 0. The van der Waals surface area contributed by atoms with Gasteiger partial charge in [-0.15, -0.1) is 0 Å². The van der Waals surface area contributed by atoms with E-state index in [1.54, 1.807) is 0 Å². The van der Waals surface area contributed by atoms with Crippen molar-refractivity contribution in [3.63, 3.8) is 0 Å². The minimum Gasteiger partial charge on any atom is -0.328 e. The van der Waals surface area contributed by atoms with Crippen molar-refractivity contribution in [2.75, 3.05) is 6.54 Å². The SMILES string of the molecule is CC(F)C(F)CCC(F)C(F)CN. The maximum atomic E-state index is 12.7. The van der Waals surface area contributed by atoms with Gasteiger partial charge in [0, 0.05) is 6.54 Å². The molecule has 0 spiro atoms. The van der Waals surface area contributed by atoms with Gasteiger partial charge in [-0.05, 0) is 19.8 Å². The molecule has 0 rings (SSSR count). The van der Waals surface area contributed by atoms with Gasteiger partial charge in [0.25, 0.3) is 0 Å². The molecule has 0 radical (unpaired) electrons. The third-order valence-electron chi connectivity index (χ3n) is 1.83. The lowest BCUT2D eigenvalue weighted by Gasteiger charge is -2.13. The number of hydrogen-bond acceptors (Lipinski definition) is 1. The van der Waals surface area contributed by atoms with Crippen molar-refractivity contribution in [2.45, 2.75) is 44.5 Å². The summed E-state index contributed by atoms with van der Waals surface area (Å²) < 4.78 is 49.9. The summed E-state index contributed by atoms with van der Waals surface area (Å²) in [6.45, 7) is 0.622. The van der Waals surface area contributed by atoms with Crippen molar-refractivity contribution >= 4 is 0 Å². The van der Waals surface area contributed by atoms with Crippen LogP contribution in [-0.2, 0) is 0 Å². The minimum absolute atomic E-state index is 0.306. The number of alkyl halides is 4. The molecule has 0 fully saturated rings. The van der Waals surface area contributed by atoms with Crippen LogP contribution in [0.2, 0.25) is 0 Å². The Kier molecular flexibility index (Phi) is 6.03. The average Bonchev–Trinajstić information content (AvgIpc) is 2.11.